The lowest BCUT2D eigenvalue weighted by molar-refractivity contribution is 0.544. The largest absolute Gasteiger partial charge is 0.310 e. The molecule has 0 radical (unpaired) electrons. The number of benzene rings is 1. The van der Waals surface area contributed by atoms with E-state index in [1.54, 1.807) is 18.3 Å². The maximum Gasteiger partial charge on any atom is 0.141 e. The molecule has 0 spiro atoms. The number of rotatable bonds is 5. The molecular weight excluding hydrogens is 275 g/mol. The minimum atomic E-state index is -0.382. The SMILES string of the molecule is CCNC(Cc1ccc(F)c(Cl)c1)c1cccnc1C. The van der Waals surface area contributed by atoms with E-state index >= 15 is 0 Å². The van der Waals surface area contributed by atoms with Crippen LogP contribution in [-0.4, -0.2) is 11.5 Å². The molecule has 0 aliphatic heterocycles. The Balaban J connectivity index is 2.25. The Morgan fingerprint density at radius 2 is 2.15 bits per heavy atom. The van der Waals surface area contributed by atoms with Gasteiger partial charge in [-0.2, -0.15) is 0 Å². The Morgan fingerprint density at radius 3 is 2.80 bits per heavy atom. The van der Waals surface area contributed by atoms with Gasteiger partial charge in [0.1, 0.15) is 5.82 Å². The standard InChI is InChI=1S/C16H18ClFN2/c1-3-19-16(13-5-4-8-20-11(13)2)10-12-6-7-15(18)14(17)9-12/h4-9,16,19H,3,10H2,1-2H3. The number of nitrogens with one attached hydrogen (secondary N) is 1. The Morgan fingerprint density at radius 1 is 1.35 bits per heavy atom. The number of hydrogen-bond acceptors (Lipinski definition) is 2. The fraction of sp³-hybridized carbons (Fsp3) is 0.312. The van der Waals surface area contributed by atoms with Gasteiger partial charge < -0.3 is 5.32 Å². The summed E-state index contributed by atoms with van der Waals surface area (Å²) >= 11 is 5.84. The number of aryl methyl sites for hydroxylation is 1. The highest BCUT2D eigenvalue weighted by Crippen LogP contribution is 2.23. The monoisotopic (exact) mass is 292 g/mol. The van der Waals surface area contributed by atoms with Crippen molar-refractivity contribution in [2.24, 2.45) is 0 Å². The second kappa shape index (κ2) is 6.82. The molecule has 1 atom stereocenters. The van der Waals surface area contributed by atoms with Crippen molar-refractivity contribution < 1.29 is 4.39 Å². The molecule has 1 aromatic heterocycles. The third kappa shape index (κ3) is 3.56. The lowest BCUT2D eigenvalue weighted by Crippen LogP contribution is -2.24. The van der Waals surface area contributed by atoms with Crippen molar-refractivity contribution in [1.82, 2.24) is 10.3 Å². The van der Waals surface area contributed by atoms with E-state index in [2.05, 4.69) is 23.3 Å². The van der Waals surface area contributed by atoms with Gasteiger partial charge in [0.05, 0.1) is 5.02 Å². The van der Waals surface area contributed by atoms with Crippen LogP contribution in [0.4, 0.5) is 4.39 Å². The molecule has 4 heteroatoms. The lowest BCUT2D eigenvalue weighted by atomic mass is 9.98. The molecule has 2 nitrogen and oxygen atoms in total. The Kier molecular flexibility index (Phi) is 5.10. The van der Waals surface area contributed by atoms with Crippen LogP contribution in [0.5, 0.6) is 0 Å². The normalized spacial score (nSPS) is 12.4. The highest BCUT2D eigenvalue weighted by atomic mass is 35.5. The van der Waals surface area contributed by atoms with Crippen molar-refractivity contribution >= 4 is 11.6 Å². The predicted molar refractivity (Wildman–Crippen MR) is 80.5 cm³/mol. The van der Waals surface area contributed by atoms with E-state index in [1.807, 2.05) is 13.0 Å². The van der Waals surface area contributed by atoms with Gasteiger partial charge in [0, 0.05) is 17.9 Å². The Bertz CT molecular complexity index is 586. The van der Waals surface area contributed by atoms with Crippen LogP contribution >= 0.6 is 11.6 Å². The smallest absolute Gasteiger partial charge is 0.141 e. The molecule has 0 fully saturated rings. The van der Waals surface area contributed by atoms with Crippen molar-refractivity contribution in [2.45, 2.75) is 26.3 Å². The van der Waals surface area contributed by atoms with Crippen LogP contribution in [0, 0.1) is 12.7 Å². The van der Waals surface area contributed by atoms with Crippen LogP contribution in [-0.2, 0) is 6.42 Å². The molecule has 0 saturated carbocycles. The number of pyridine rings is 1. The number of hydrogen-bond donors (Lipinski definition) is 1. The molecule has 1 unspecified atom stereocenters. The molecule has 0 aliphatic carbocycles. The second-order valence-corrected chi connectivity index (χ2v) is 5.15. The van der Waals surface area contributed by atoms with Gasteiger partial charge in [0.25, 0.3) is 0 Å². The van der Waals surface area contributed by atoms with Crippen molar-refractivity contribution in [3.05, 3.63) is 64.2 Å². The zero-order valence-corrected chi connectivity index (χ0v) is 12.4. The van der Waals surface area contributed by atoms with Crippen molar-refractivity contribution in [1.29, 1.82) is 0 Å². The summed E-state index contributed by atoms with van der Waals surface area (Å²) in [6.45, 7) is 4.92. The van der Waals surface area contributed by atoms with Crippen LogP contribution in [0.25, 0.3) is 0 Å². The van der Waals surface area contributed by atoms with Crippen molar-refractivity contribution in [2.75, 3.05) is 6.54 Å². The highest BCUT2D eigenvalue weighted by Gasteiger charge is 2.14. The topological polar surface area (TPSA) is 24.9 Å². The first kappa shape index (κ1) is 14.9. The summed E-state index contributed by atoms with van der Waals surface area (Å²) in [5, 5.41) is 3.61. The van der Waals surface area contributed by atoms with Gasteiger partial charge in [-0.1, -0.05) is 30.7 Å². The quantitative estimate of drug-likeness (QED) is 0.898. The molecular formula is C16H18ClFN2. The maximum atomic E-state index is 13.2. The third-order valence-electron chi connectivity index (χ3n) is 3.30. The van der Waals surface area contributed by atoms with Gasteiger partial charge >= 0.3 is 0 Å². The maximum absolute atomic E-state index is 13.2. The van der Waals surface area contributed by atoms with Crippen LogP contribution in [0.3, 0.4) is 0 Å². The summed E-state index contributed by atoms with van der Waals surface area (Å²) in [5.41, 5.74) is 3.17. The average molecular weight is 293 g/mol. The van der Waals surface area contributed by atoms with E-state index in [1.165, 1.54) is 6.07 Å². The van der Waals surface area contributed by atoms with E-state index in [-0.39, 0.29) is 16.9 Å². The lowest BCUT2D eigenvalue weighted by Gasteiger charge is -2.20. The summed E-state index contributed by atoms with van der Waals surface area (Å²) < 4.78 is 13.2. The summed E-state index contributed by atoms with van der Waals surface area (Å²) in [6.07, 6.45) is 2.54. The van der Waals surface area contributed by atoms with E-state index in [0.29, 0.717) is 0 Å². The van der Waals surface area contributed by atoms with Gasteiger partial charge in [-0.05, 0) is 49.2 Å². The summed E-state index contributed by atoms with van der Waals surface area (Å²) in [4.78, 5) is 4.33. The van der Waals surface area contributed by atoms with E-state index in [9.17, 15) is 4.39 Å². The van der Waals surface area contributed by atoms with Gasteiger partial charge in [-0.3, -0.25) is 4.98 Å². The second-order valence-electron chi connectivity index (χ2n) is 4.74. The minimum absolute atomic E-state index is 0.148. The summed E-state index contributed by atoms with van der Waals surface area (Å²) in [6, 6.07) is 9.03. The molecule has 0 bridgehead atoms. The van der Waals surface area contributed by atoms with Crippen LogP contribution < -0.4 is 5.32 Å². The molecule has 0 amide bonds. The molecule has 0 saturated heterocycles. The molecule has 1 N–H and O–H groups in total. The third-order valence-corrected chi connectivity index (χ3v) is 3.59. The number of halogens is 2. The van der Waals surface area contributed by atoms with E-state index in [4.69, 9.17) is 11.6 Å². The average Bonchev–Trinajstić information content (AvgIpc) is 2.43. The molecule has 0 aliphatic rings. The zero-order valence-electron chi connectivity index (χ0n) is 11.7. The first-order chi connectivity index (χ1) is 9.61. The van der Waals surface area contributed by atoms with Gasteiger partial charge in [0.15, 0.2) is 0 Å². The Labute approximate surface area is 124 Å². The summed E-state index contributed by atoms with van der Waals surface area (Å²) in [7, 11) is 0. The van der Waals surface area contributed by atoms with Crippen molar-refractivity contribution in [3.8, 4) is 0 Å². The highest BCUT2D eigenvalue weighted by molar-refractivity contribution is 6.30. The molecule has 2 rings (SSSR count). The fourth-order valence-electron chi connectivity index (χ4n) is 2.31. The van der Waals surface area contributed by atoms with E-state index in [0.717, 1.165) is 29.8 Å². The molecule has 20 heavy (non-hydrogen) atoms. The molecule has 2 aromatic rings. The number of aromatic nitrogens is 1. The van der Waals surface area contributed by atoms with Crippen LogP contribution in [0.1, 0.15) is 29.8 Å². The van der Waals surface area contributed by atoms with Gasteiger partial charge in [-0.15, -0.1) is 0 Å². The van der Waals surface area contributed by atoms with Crippen molar-refractivity contribution in [3.63, 3.8) is 0 Å². The molecule has 106 valence electrons. The Hall–Kier alpha value is -1.45. The van der Waals surface area contributed by atoms with Crippen LogP contribution in [0.2, 0.25) is 5.02 Å². The van der Waals surface area contributed by atoms with Gasteiger partial charge in [-0.25, -0.2) is 4.39 Å². The minimum Gasteiger partial charge on any atom is -0.310 e. The molecule has 1 heterocycles. The first-order valence-electron chi connectivity index (χ1n) is 6.70. The summed E-state index contributed by atoms with van der Waals surface area (Å²) in [5.74, 6) is -0.382. The number of nitrogens with zero attached hydrogens (tertiary/aromatic N) is 1. The molecule has 1 aromatic carbocycles. The van der Waals surface area contributed by atoms with Crippen LogP contribution in [0.15, 0.2) is 36.5 Å². The predicted octanol–water partition coefficient (Wildman–Crippen LogP) is 4.08. The fourth-order valence-corrected chi connectivity index (χ4v) is 2.51. The zero-order chi connectivity index (χ0) is 14.5. The first-order valence-corrected chi connectivity index (χ1v) is 7.08. The van der Waals surface area contributed by atoms with E-state index < -0.39 is 0 Å². The van der Waals surface area contributed by atoms with Gasteiger partial charge in [0.2, 0.25) is 0 Å². The number of likely N-dealkylation sites (N-methyl/N-ethyl adjacent to an activating group) is 1.